The van der Waals surface area contributed by atoms with E-state index in [4.69, 9.17) is 4.74 Å². The van der Waals surface area contributed by atoms with E-state index in [0.29, 0.717) is 11.4 Å². The number of rotatable bonds is 6. The Morgan fingerprint density at radius 2 is 1.67 bits per heavy atom. The Kier molecular flexibility index (Phi) is 6.28. The number of halogens is 3. The van der Waals surface area contributed by atoms with Gasteiger partial charge in [-0.25, -0.2) is 17.9 Å². The van der Waals surface area contributed by atoms with Gasteiger partial charge in [-0.3, -0.25) is 0 Å². The van der Waals surface area contributed by atoms with Crippen molar-refractivity contribution in [3.63, 3.8) is 0 Å². The van der Waals surface area contributed by atoms with Crippen LogP contribution in [-0.2, 0) is 10.0 Å². The molecule has 27 heavy (non-hydrogen) atoms. The van der Waals surface area contributed by atoms with Gasteiger partial charge in [-0.1, -0.05) is 12.1 Å². The summed E-state index contributed by atoms with van der Waals surface area (Å²) in [6.07, 6.45) is -4.66. The van der Waals surface area contributed by atoms with Crippen LogP contribution in [-0.4, -0.2) is 34.3 Å². The van der Waals surface area contributed by atoms with Gasteiger partial charge in [0.2, 0.25) is 10.0 Å². The minimum atomic E-state index is -4.66. The molecule has 0 saturated heterocycles. The number of sulfonamides is 1. The topological polar surface area (TPSA) is 96.5 Å². The van der Waals surface area contributed by atoms with E-state index in [1.165, 1.54) is 24.0 Å². The molecule has 0 aliphatic heterocycles. The maximum Gasteiger partial charge on any atom is 0.402 e. The minimum Gasteiger partial charge on any atom is -0.495 e. The Hall–Kier alpha value is -2.79. The van der Waals surface area contributed by atoms with Gasteiger partial charge in [0, 0.05) is 5.69 Å². The van der Waals surface area contributed by atoms with Crippen molar-refractivity contribution in [2.24, 2.45) is 0 Å². The first-order chi connectivity index (χ1) is 12.6. The molecule has 0 atom stereocenters. The molecule has 11 heteroatoms. The van der Waals surface area contributed by atoms with E-state index in [0.717, 1.165) is 12.1 Å². The summed E-state index contributed by atoms with van der Waals surface area (Å²) < 4.78 is 66.6. The SMILES string of the molecule is COc1ccccc1NC(=O)Nc1ccc(S(=O)(=O)NCC(F)(F)F)cc1. The summed E-state index contributed by atoms with van der Waals surface area (Å²) in [7, 11) is -2.86. The van der Waals surface area contributed by atoms with Crippen LogP contribution in [0.2, 0.25) is 0 Å². The highest BCUT2D eigenvalue weighted by molar-refractivity contribution is 7.89. The molecule has 3 N–H and O–H groups in total. The Balaban J connectivity index is 2.02. The molecular weight excluding hydrogens is 387 g/mol. The summed E-state index contributed by atoms with van der Waals surface area (Å²) in [5.74, 6) is 0.449. The quantitative estimate of drug-likeness (QED) is 0.690. The predicted molar refractivity (Wildman–Crippen MR) is 93.3 cm³/mol. The van der Waals surface area contributed by atoms with Crippen molar-refractivity contribution in [2.45, 2.75) is 11.1 Å². The third-order valence-electron chi connectivity index (χ3n) is 3.24. The van der Waals surface area contributed by atoms with Crippen LogP contribution in [0.3, 0.4) is 0 Å². The van der Waals surface area contributed by atoms with Gasteiger partial charge in [-0.2, -0.15) is 13.2 Å². The lowest BCUT2D eigenvalue weighted by molar-refractivity contribution is -0.121. The monoisotopic (exact) mass is 403 g/mol. The van der Waals surface area contributed by atoms with Crippen LogP contribution in [0.4, 0.5) is 29.3 Å². The van der Waals surface area contributed by atoms with Gasteiger partial charge in [0.05, 0.1) is 17.7 Å². The lowest BCUT2D eigenvalue weighted by atomic mass is 10.3. The average molecular weight is 403 g/mol. The molecule has 0 saturated carbocycles. The summed E-state index contributed by atoms with van der Waals surface area (Å²) in [6.45, 7) is -1.67. The number of methoxy groups -OCH3 is 1. The first-order valence-electron chi connectivity index (χ1n) is 7.48. The highest BCUT2D eigenvalue weighted by Gasteiger charge is 2.30. The first kappa shape index (κ1) is 20.5. The zero-order valence-electron chi connectivity index (χ0n) is 14.0. The number of amides is 2. The van der Waals surface area contributed by atoms with Crippen LogP contribution in [0.15, 0.2) is 53.4 Å². The van der Waals surface area contributed by atoms with Crippen molar-refractivity contribution in [1.29, 1.82) is 0 Å². The second kappa shape index (κ2) is 8.27. The number of alkyl halides is 3. The standard InChI is InChI=1S/C16H16F3N3O4S/c1-26-14-5-3-2-4-13(14)22-15(23)21-11-6-8-12(9-7-11)27(24,25)20-10-16(17,18)19/h2-9,20H,10H2,1H3,(H2,21,22,23). The summed E-state index contributed by atoms with van der Waals surface area (Å²) in [4.78, 5) is 11.7. The van der Waals surface area contributed by atoms with E-state index in [-0.39, 0.29) is 10.6 Å². The van der Waals surface area contributed by atoms with E-state index in [1.54, 1.807) is 24.3 Å². The number of hydrogen-bond donors (Lipinski definition) is 3. The van der Waals surface area contributed by atoms with Crippen LogP contribution in [0, 0.1) is 0 Å². The summed E-state index contributed by atoms with van der Waals surface area (Å²) in [5.41, 5.74) is 0.671. The third-order valence-corrected chi connectivity index (χ3v) is 4.66. The maximum atomic E-state index is 12.2. The second-order valence-electron chi connectivity index (χ2n) is 5.24. The molecule has 0 heterocycles. The van der Waals surface area contributed by atoms with E-state index >= 15 is 0 Å². The summed E-state index contributed by atoms with van der Waals surface area (Å²) in [6, 6.07) is 10.8. The maximum absolute atomic E-state index is 12.2. The van der Waals surface area contributed by atoms with Gasteiger partial charge in [0.15, 0.2) is 0 Å². The molecule has 2 rings (SSSR count). The number of urea groups is 1. The summed E-state index contributed by atoms with van der Waals surface area (Å²) in [5, 5.41) is 5.04. The molecule has 146 valence electrons. The number of benzene rings is 2. The first-order valence-corrected chi connectivity index (χ1v) is 8.96. The number of para-hydroxylation sites is 2. The fraction of sp³-hybridized carbons (Fsp3) is 0.188. The molecule has 0 spiro atoms. The van der Waals surface area contributed by atoms with Crippen LogP contribution in [0.5, 0.6) is 5.75 Å². The van der Waals surface area contributed by atoms with E-state index < -0.39 is 28.8 Å². The van der Waals surface area contributed by atoms with Crippen LogP contribution in [0.1, 0.15) is 0 Å². The molecule has 0 aliphatic carbocycles. The van der Waals surface area contributed by atoms with Crippen molar-refractivity contribution in [3.8, 4) is 5.75 Å². The van der Waals surface area contributed by atoms with Gasteiger partial charge < -0.3 is 15.4 Å². The fourth-order valence-electron chi connectivity index (χ4n) is 2.01. The zero-order chi connectivity index (χ0) is 20.1. The number of carbonyl (C=O) groups excluding carboxylic acids is 1. The molecule has 0 aromatic heterocycles. The second-order valence-corrected chi connectivity index (χ2v) is 7.01. The number of anilines is 2. The number of nitrogens with one attached hydrogen (secondary N) is 3. The van der Waals surface area contributed by atoms with Crippen molar-refractivity contribution >= 4 is 27.4 Å². The van der Waals surface area contributed by atoms with E-state index in [9.17, 15) is 26.4 Å². The van der Waals surface area contributed by atoms with Crippen molar-refractivity contribution in [3.05, 3.63) is 48.5 Å². The predicted octanol–water partition coefficient (Wildman–Crippen LogP) is 3.18. The third kappa shape index (κ3) is 6.15. The Bertz CT molecular complexity index is 900. The van der Waals surface area contributed by atoms with Gasteiger partial charge >= 0.3 is 12.2 Å². The van der Waals surface area contributed by atoms with Crippen LogP contribution >= 0.6 is 0 Å². The molecule has 0 fully saturated rings. The zero-order valence-corrected chi connectivity index (χ0v) is 14.8. The Morgan fingerprint density at radius 3 is 2.26 bits per heavy atom. The van der Waals surface area contributed by atoms with Gasteiger partial charge in [0.25, 0.3) is 0 Å². The fourth-order valence-corrected chi connectivity index (χ4v) is 3.02. The number of ether oxygens (including phenoxy) is 1. The number of hydrogen-bond acceptors (Lipinski definition) is 4. The molecule has 2 amide bonds. The summed E-state index contributed by atoms with van der Waals surface area (Å²) >= 11 is 0. The van der Waals surface area contributed by atoms with Crippen molar-refractivity contribution < 1.29 is 31.1 Å². The largest absolute Gasteiger partial charge is 0.495 e. The van der Waals surface area contributed by atoms with E-state index in [1.807, 2.05) is 0 Å². The normalized spacial score (nSPS) is 11.7. The molecule has 7 nitrogen and oxygen atoms in total. The average Bonchev–Trinajstić information content (AvgIpc) is 2.60. The molecule has 2 aromatic rings. The van der Waals surface area contributed by atoms with Gasteiger partial charge in [-0.05, 0) is 36.4 Å². The lowest BCUT2D eigenvalue weighted by Gasteiger charge is -2.12. The Labute approximate surface area is 153 Å². The van der Waals surface area contributed by atoms with Gasteiger partial charge in [-0.15, -0.1) is 0 Å². The van der Waals surface area contributed by atoms with Crippen LogP contribution in [0.25, 0.3) is 0 Å². The highest BCUT2D eigenvalue weighted by atomic mass is 32.2. The highest BCUT2D eigenvalue weighted by Crippen LogP contribution is 2.23. The van der Waals surface area contributed by atoms with Crippen LogP contribution < -0.4 is 20.1 Å². The molecular formula is C16H16F3N3O4S. The molecule has 0 aliphatic rings. The van der Waals surface area contributed by atoms with Crippen molar-refractivity contribution in [2.75, 3.05) is 24.3 Å². The smallest absolute Gasteiger partial charge is 0.402 e. The minimum absolute atomic E-state index is 0.247. The number of carbonyl (C=O) groups is 1. The molecule has 0 bridgehead atoms. The molecule has 2 aromatic carbocycles. The van der Waals surface area contributed by atoms with Gasteiger partial charge in [0.1, 0.15) is 12.3 Å². The molecule has 0 unspecified atom stereocenters. The lowest BCUT2D eigenvalue weighted by Crippen LogP contribution is -2.33. The molecule has 0 radical (unpaired) electrons. The van der Waals surface area contributed by atoms with Crippen molar-refractivity contribution in [1.82, 2.24) is 4.72 Å². The van der Waals surface area contributed by atoms with E-state index in [2.05, 4.69) is 10.6 Å². The Morgan fingerprint density at radius 1 is 1.04 bits per heavy atom.